The largest absolute Gasteiger partial charge is 0.241 e. The molecule has 3 rings (SSSR count). The first-order valence-electron chi connectivity index (χ1n) is 8.19. The van der Waals surface area contributed by atoms with Gasteiger partial charge in [0.25, 0.3) is 0 Å². The molecule has 0 spiro atoms. The predicted molar refractivity (Wildman–Crippen MR) is 90.8 cm³/mol. The summed E-state index contributed by atoms with van der Waals surface area (Å²) >= 11 is 0. The van der Waals surface area contributed by atoms with Crippen LogP contribution in [0.5, 0.6) is 0 Å². The number of nitrogens with one attached hydrogen (secondary N) is 1. The van der Waals surface area contributed by atoms with E-state index >= 15 is 0 Å². The number of rotatable bonds is 6. The van der Waals surface area contributed by atoms with E-state index in [9.17, 15) is 8.42 Å². The lowest BCUT2D eigenvalue weighted by atomic mass is 9.91. The quantitative estimate of drug-likeness (QED) is 0.884. The Morgan fingerprint density at radius 1 is 1.13 bits per heavy atom. The van der Waals surface area contributed by atoms with Crippen molar-refractivity contribution in [2.45, 2.75) is 38.6 Å². The van der Waals surface area contributed by atoms with Crippen LogP contribution in [0.25, 0.3) is 5.69 Å². The zero-order valence-corrected chi connectivity index (χ0v) is 14.0. The summed E-state index contributed by atoms with van der Waals surface area (Å²) in [6, 6.07) is 9.61. The van der Waals surface area contributed by atoms with Gasteiger partial charge in [0.2, 0.25) is 10.0 Å². The number of aromatic nitrogens is 2. The first-order valence-corrected chi connectivity index (χ1v) is 9.84. The predicted octanol–water partition coefficient (Wildman–Crippen LogP) is 2.87. The SMILES string of the molecule is O=S(=O)(CC1CCCCC1)NCc1ccc(-n2cccn2)cc1. The van der Waals surface area contributed by atoms with Crippen molar-refractivity contribution in [1.82, 2.24) is 14.5 Å². The van der Waals surface area contributed by atoms with Crippen molar-refractivity contribution in [3.8, 4) is 5.69 Å². The van der Waals surface area contributed by atoms with Crippen molar-refractivity contribution in [2.75, 3.05) is 5.75 Å². The summed E-state index contributed by atoms with van der Waals surface area (Å²) in [5.41, 5.74) is 1.91. The highest BCUT2D eigenvalue weighted by molar-refractivity contribution is 7.89. The Hall–Kier alpha value is -1.66. The second kappa shape index (κ2) is 7.27. The van der Waals surface area contributed by atoms with Gasteiger partial charge >= 0.3 is 0 Å². The molecule has 6 heteroatoms. The van der Waals surface area contributed by atoms with Crippen LogP contribution < -0.4 is 4.72 Å². The number of hydrogen-bond acceptors (Lipinski definition) is 3. The maximum atomic E-state index is 12.2. The van der Waals surface area contributed by atoms with Crippen LogP contribution in [-0.4, -0.2) is 24.0 Å². The number of sulfonamides is 1. The van der Waals surface area contributed by atoms with Crippen LogP contribution in [0.4, 0.5) is 0 Å². The van der Waals surface area contributed by atoms with E-state index in [2.05, 4.69) is 9.82 Å². The summed E-state index contributed by atoms with van der Waals surface area (Å²) in [5, 5.41) is 4.17. The molecule has 23 heavy (non-hydrogen) atoms. The molecule has 124 valence electrons. The molecule has 0 aliphatic heterocycles. The van der Waals surface area contributed by atoms with Gasteiger partial charge in [-0.3, -0.25) is 0 Å². The summed E-state index contributed by atoms with van der Waals surface area (Å²) in [7, 11) is -3.20. The molecule has 0 bridgehead atoms. The normalized spacial score (nSPS) is 16.5. The third kappa shape index (κ3) is 4.65. The van der Waals surface area contributed by atoms with Gasteiger partial charge in [-0.2, -0.15) is 5.10 Å². The van der Waals surface area contributed by atoms with Crippen molar-refractivity contribution in [3.05, 3.63) is 48.3 Å². The maximum Gasteiger partial charge on any atom is 0.212 e. The topological polar surface area (TPSA) is 64.0 Å². The number of benzene rings is 1. The van der Waals surface area contributed by atoms with Crippen LogP contribution in [0.15, 0.2) is 42.7 Å². The van der Waals surface area contributed by atoms with Gasteiger partial charge < -0.3 is 0 Å². The summed E-state index contributed by atoms with van der Waals surface area (Å²) in [6.45, 7) is 0.342. The first-order chi connectivity index (χ1) is 11.1. The molecule has 1 aliphatic rings. The molecule has 1 aromatic heterocycles. The minimum Gasteiger partial charge on any atom is -0.241 e. The molecule has 0 atom stereocenters. The Balaban J connectivity index is 1.54. The molecular formula is C17H23N3O2S. The van der Waals surface area contributed by atoms with E-state index in [0.717, 1.165) is 36.9 Å². The van der Waals surface area contributed by atoms with Crippen molar-refractivity contribution >= 4 is 10.0 Å². The lowest BCUT2D eigenvalue weighted by Gasteiger charge is -2.21. The summed E-state index contributed by atoms with van der Waals surface area (Å²) in [4.78, 5) is 0. The smallest absolute Gasteiger partial charge is 0.212 e. The van der Waals surface area contributed by atoms with Crippen LogP contribution >= 0.6 is 0 Å². The van der Waals surface area contributed by atoms with E-state index in [1.54, 1.807) is 10.9 Å². The fourth-order valence-corrected chi connectivity index (χ4v) is 4.56. The molecule has 1 saturated carbocycles. The van der Waals surface area contributed by atoms with Gasteiger partial charge in [0, 0.05) is 18.9 Å². The molecule has 0 amide bonds. The van der Waals surface area contributed by atoms with Gasteiger partial charge in [-0.25, -0.2) is 17.8 Å². The van der Waals surface area contributed by atoms with Gasteiger partial charge in [0.15, 0.2) is 0 Å². The molecule has 1 aliphatic carbocycles. The van der Waals surface area contributed by atoms with Gasteiger partial charge in [0.1, 0.15) is 0 Å². The minimum absolute atomic E-state index is 0.262. The fraction of sp³-hybridized carbons (Fsp3) is 0.471. The summed E-state index contributed by atoms with van der Waals surface area (Å²) in [6.07, 6.45) is 9.25. The Bertz CT molecular complexity index is 703. The van der Waals surface area contributed by atoms with Crippen molar-refractivity contribution < 1.29 is 8.42 Å². The van der Waals surface area contributed by atoms with Crippen LogP contribution in [-0.2, 0) is 16.6 Å². The highest BCUT2D eigenvalue weighted by Crippen LogP contribution is 2.24. The zero-order chi connectivity index (χ0) is 16.1. The molecule has 1 aromatic carbocycles. The minimum atomic E-state index is -3.20. The van der Waals surface area contributed by atoms with E-state index in [1.807, 2.05) is 36.5 Å². The van der Waals surface area contributed by atoms with Gasteiger partial charge in [-0.1, -0.05) is 31.4 Å². The van der Waals surface area contributed by atoms with E-state index in [-0.39, 0.29) is 5.75 Å². The molecule has 0 saturated heterocycles. The molecule has 2 aromatic rings. The Morgan fingerprint density at radius 3 is 2.52 bits per heavy atom. The van der Waals surface area contributed by atoms with Crippen molar-refractivity contribution in [3.63, 3.8) is 0 Å². The fourth-order valence-electron chi connectivity index (χ4n) is 3.10. The maximum absolute atomic E-state index is 12.2. The Labute approximate surface area is 137 Å². The first kappa shape index (κ1) is 16.2. The van der Waals surface area contributed by atoms with Crippen LogP contribution in [0, 0.1) is 5.92 Å². The molecule has 0 unspecified atom stereocenters. The van der Waals surface area contributed by atoms with Crippen molar-refractivity contribution in [1.29, 1.82) is 0 Å². The molecule has 1 N–H and O–H groups in total. The molecule has 0 radical (unpaired) electrons. The molecule has 1 fully saturated rings. The second-order valence-electron chi connectivity index (χ2n) is 6.22. The van der Waals surface area contributed by atoms with Crippen molar-refractivity contribution in [2.24, 2.45) is 5.92 Å². The third-order valence-corrected chi connectivity index (χ3v) is 5.88. The van der Waals surface area contributed by atoms with E-state index in [4.69, 9.17) is 0 Å². The third-order valence-electron chi connectivity index (χ3n) is 4.38. The lowest BCUT2D eigenvalue weighted by molar-refractivity contribution is 0.384. The van der Waals surface area contributed by atoms with Crippen LogP contribution in [0.1, 0.15) is 37.7 Å². The average molecular weight is 333 g/mol. The average Bonchev–Trinajstić information content (AvgIpc) is 3.09. The number of nitrogens with zero attached hydrogens (tertiary/aromatic N) is 2. The summed E-state index contributed by atoms with van der Waals surface area (Å²) < 4.78 is 28.9. The van der Waals surface area contributed by atoms with Gasteiger partial charge in [0.05, 0.1) is 11.4 Å². The Kier molecular flexibility index (Phi) is 5.13. The second-order valence-corrected chi connectivity index (χ2v) is 8.08. The monoisotopic (exact) mass is 333 g/mol. The highest BCUT2D eigenvalue weighted by Gasteiger charge is 2.20. The van der Waals surface area contributed by atoms with Crippen LogP contribution in [0.2, 0.25) is 0 Å². The van der Waals surface area contributed by atoms with E-state index < -0.39 is 10.0 Å². The molecule has 5 nitrogen and oxygen atoms in total. The van der Waals surface area contributed by atoms with Gasteiger partial charge in [-0.05, 0) is 42.5 Å². The highest BCUT2D eigenvalue weighted by atomic mass is 32.2. The standard InChI is InChI=1S/C17H23N3O2S/c21-23(22,14-16-5-2-1-3-6-16)19-13-15-7-9-17(10-8-15)20-12-4-11-18-20/h4,7-12,16,19H,1-3,5-6,13-14H2. The zero-order valence-electron chi connectivity index (χ0n) is 13.2. The van der Waals surface area contributed by atoms with Crippen LogP contribution in [0.3, 0.4) is 0 Å². The molecular weight excluding hydrogens is 310 g/mol. The van der Waals surface area contributed by atoms with E-state index in [0.29, 0.717) is 12.5 Å². The molecule has 1 heterocycles. The summed E-state index contributed by atoms with van der Waals surface area (Å²) in [5.74, 6) is 0.585. The lowest BCUT2D eigenvalue weighted by Crippen LogP contribution is -2.30. The number of hydrogen-bond donors (Lipinski definition) is 1. The van der Waals surface area contributed by atoms with Gasteiger partial charge in [-0.15, -0.1) is 0 Å². The van der Waals surface area contributed by atoms with E-state index in [1.165, 1.54) is 6.42 Å². The Morgan fingerprint density at radius 2 is 1.87 bits per heavy atom.